The van der Waals surface area contributed by atoms with Gasteiger partial charge in [0.25, 0.3) is 0 Å². The van der Waals surface area contributed by atoms with Crippen molar-refractivity contribution in [3.63, 3.8) is 0 Å². The van der Waals surface area contributed by atoms with Gasteiger partial charge in [-0.1, -0.05) is 117 Å². The van der Waals surface area contributed by atoms with Crippen molar-refractivity contribution in [3.8, 4) is 5.75 Å². The lowest BCUT2D eigenvalue weighted by atomic mass is 9.81. The summed E-state index contributed by atoms with van der Waals surface area (Å²) in [4.78, 5) is 24.8. The summed E-state index contributed by atoms with van der Waals surface area (Å²) in [6.45, 7) is 22.4. The number of hydrogen-bond donors (Lipinski definition) is 1. The summed E-state index contributed by atoms with van der Waals surface area (Å²) < 4.78 is 5.83. The molecule has 0 spiro atoms. The SMILES string of the molecule is CC(C)C[Si](CSc1cc(C(C)(C)C)c(OC(=O)CCC(=O)O)cc1C(C)(C)C)(CC(C)C)c1ccccc1. The zero-order valence-corrected chi connectivity index (χ0v) is 27.6. The summed E-state index contributed by atoms with van der Waals surface area (Å²) in [6, 6.07) is 18.0. The zero-order valence-electron chi connectivity index (χ0n) is 25.8. The van der Waals surface area contributed by atoms with Crippen molar-refractivity contribution in [2.45, 2.75) is 110 Å². The summed E-state index contributed by atoms with van der Waals surface area (Å²) in [6.07, 6.45) is -0.377. The molecule has 0 fully saturated rings. The number of aliphatic carboxylic acids is 1. The fourth-order valence-corrected chi connectivity index (χ4v) is 14.1. The Morgan fingerprint density at radius 1 is 0.846 bits per heavy atom. The van der Waals surface area contributed by atoms with Crippen molar-refractivity contribution >= 4 is 37.0 Å². The average Bonchev–Trinajstić information content (AvgIpc) is 2.80. The minimum absolute atomic E-state index is 0.143. The average molecular weight is 571 g/mol. The predicted molar refractivity (Wildman–Crippen MR) is 168 cm³/mol. The van der Waals surface area contributed by atoms with Gasteiger partial charge >= 0.3 is 11.9 Å². The van der Waals surface area contributed by atoms with E-state index in [-0.39, 0.29) is 23.7 Å². The third-order valence-electron chi connectivity index (χ3n) is 6.95. The van der Waals surface area contributed by atoms with Gasteiger partial charge in [-0.2, -0.15) is 0 Å². The normalized spacial score (nSPS) is 12.7. The fourth-order valence-electron chi connectivity index (χ4n) is 5.41. The molecule has 0 bridgehead atoms. The van der Waals surface area contributed by atoms with Crippen molar-refractivity contribution in [1.29, 1.82) is 0 Å². The molecule has 0 heterocycles. The number of carbonyl (C=O) groups excluding carboxylic acids is 1. The highest BCUT2D eigenvalue weighted by atomic mass is 32.2. The number of benzene rings is 2. The number of hydrogen-bond acceptors (Lipinski definition) is 4. The first-order chi connectivity index (χ1) is 17.9. The van der Waals surface area contributed by atoms with Gasteiger partial charge in [-0.3, -0.25) is 9.59 Å². The van der Waals surface area contributed by atoms with E-state index in [0.29, 0.717) is 17.6 Å². The van der Waals surface area contributed by atoms with Crippen molar-refractivity contribution < 1.29 is 19.4 Å². The van der Waals surface area contributed by atoms with E-state index in [1.54, 1.807) is 0 Å². The van der Waals surface area contributed by atoms with Crippen LogP contribution >= 0.6 is 11.8 Å². The van der Waals surface area contributed by atoms with E-state index in [4.69, 9.17) is 9.84 Å². The topological polar surface area (TPSA) is 63.6 Å². The van der Waals surface area contributed by atoms with Crippen LogP contribution in [-0.4, -0.2) is 30.5 Å². The molecule has 0 aliphatic heterocycles. The molecule has 0 saturated carbocycles. The molecule has 0 amide bonds. The van der Waals surface area contributed by atoms with E-state index in [1.807, 2.05) is 17.8 Å². The quantitative estimate of drug-likeness (QED) is 0.120. The van der Waals surface area contributed by atoms with Crippen molar-refractivity contribution in [2.75, 3.05) is 5.38 Å². The zero-order chi connectivity index (χ0) is 29.6. The highest BCUT2D eigenvalue weighted by molar-refractivity contribution is 8.01. The Hall–Kier alpha value is -2.05. The Morgan fingerprint density at radius 3 is 1.85 bits per heavy atom. The number of carbonyl (C=O) groups is 2. The molecule has 39 heavy (non-hydrogen) atoms. The number of ether oxygens (including phenoxy) is 1. The van der Waals surface area contributed by atoms with Crippen LogP contribution in [0.3, 0.4) is 0 Å². The van der Waals surface area contributed by atoms with E-state index in [1.165, 1.54) is 22.2 Å². The predicted octanol–water partition coefficient (Wildman–Crippen LogP) is 8.35. The van der Waals surface area contributed by atoms with Crippen LogP contribution in [0.1, 0.15) is 93.2 Å². The maximum atomic E-state index is 12.6. The summed E-state index contributed by atoms with van der Waals surface area (Å²) in [7, 11) is -1.87. The van der Waals surface area contributed by atoms with E-state index >= 15 is 0 Å². The Balaban J connectivity index is 2.62. The molecule has 2 aromatic rings. The van der Waals surface area contributed by atoms with Crippen molar-refractivity contribution in [2.24, 2.45) is 11.8 Å². The van der Waals surface area contributed by atoms with Crippen LogP contribution < -0.4 is 9.92 Å². The van der Waals surface area contributed by atoms with Gasteiger partial charge in [-0.25, -0.2) is 0 Å². The fraction of sp³-hybridized carbons (Fsp3) is 0.576. The molecule has 0 radical (unpaired) electrons. The molecule has 4 nitrogen and oxygen atoms in total. The van der Waals surface area contributed by atoms with Gasteiger partial charge in [-0.15, -0.1) is 11.8 Å². The Kier molecular flexibility index (Phi) is 11.5. The number of thioether (sulfide) groups is 1. The lowest BCUT2D eigenvalue weighted by Gasteiger charge is -2.36. The van der Waals surface area contributed by atoms with Crippen LogP contribution in [-0.2, 0) is 20.4 Å². The molecule has 6 heteroatoms. The second-order valence-electron chi connectivity index (χ2n) is 13.8. The van der Waals surface area contributed by atoms with Crippen LogP contribution in [0.4, 0.5) is 0 Å². The summed E-state index contributed by atoms with van der Waals surface area (Å²) in [5.74, 6) is 0.279. The molecule has 0 atom stereocenters. The molecular formula is C33H50O4SSi. The van der Waals surface area contributed by atoms with Gasteiger partial charge in [0.1, 0.15) is 5.75 Å². The molecular weight excluding hydrogens is 521 g/mol. The number of esters is 1. The largest absolute Gasteiger partial charge is 0.481 e. The Bertz CT molecular complexity index is 1100. The Morgan fingerprint density at radius 2 is 1.38 bits per heavy atom. The minimum Gasteiger partial charge on any atom is -0.481 e. The second kappa shape index (κ2) is 13.5. The molecule has 0 unspecified atom stereocenters. The highest BCUT2D eigenvalue weighted by Gasteiger charge is 2.37. The van der Waals surface area contributed by atoms with Gasteiger partial charge < -0.3 is 9.84 Å². The summed E-state index contributed by atoms with van der Waals surface area (Å²) in [5.41, 5.74) is 1.72. The van der Waals surface area contributed by atoms with Crippen LogP contribution in [0.5, 0.6) is 5.75 Å². The van der Waals surface area contributed by atoms with Crippen LogP contribution in [0.25, 0.3) is 0 Å². The number of carboxylic acids is 1. The van der Waals surface area contributed by atoms with Gasteiger partial charge in [0.2, 0.25) is 0 Å². The number of carboxylic acid groups (broad SMARTS) is 1. The van der Waals surface area contributed by atoms with E-state index in [2.05, 4.69) is 106 Å². The lowest BCUT2D eigenvalue weighted by molar-refractivity contribution is -0.142. The smallest absolute Gasteiger partial charge is 0.311 e. The second-order valence-corrected chi connectivity index (χ2v) is 19.7. The molecule has 2 aromatic carbocycles. The van der Waals surface area contributed by atoms with Crippen molar-refractivity contribution in [3.05, 3.63) is 53.6 Å². The molecule has 216 valence electrons. The first-order valence-corrected chi connectivity index (χ1v) is 17.8. The van der Waals surface area contributed by atoms with Gasteiger partial charge in [0.05, 0.1) is 20.9 Å². The molecule has 0 saturated heterocycles. The highest BCUT2D eigenvalue weighted by Crippen LogP contribution is 2.43. The van der Waals surface area contributed by atoms with Gasteiger partial charge in [-0.05, 0) is 45.7 Å². The molecule has 0 aromatic heterocycles. The molecule has 1 N–H and O–H groups in total. The standard InChI is InChI=1S/C33H50O4SSi/c1-23(2)20-39(21-24(3)4,25-14-12-11-13-15-25)22-38-29-19-26(32(5,6)7)28(18-27(29)33(8,9)10)37-31(36)17-16-30(34)35/h11-15,18-19,23-24H,16-17,20-22H2,1-10H3,(H,34,35). The third-order valence-corrected chi connectivity index (χ3v) is 15.1. The van der Waals surface area contributed by atoms with Gasteiger partial charge in [0.15, 0.2) is 0 Å². The lowest BCUT2D eigenvalue weighted by Crippen LogP contribution is -2.52. The van der Waals surface area contributed by atoms with Crippen molar-refractivity contribution in [1.82, 2.24) is 0 Å². The summed E-state index contributed by atoms with van der Waals surface area (Å²) in [5, 5.41) is 11.6. The maximum absolute atomic E-state index is 12.6. The van der Waals surface area contributed by atoms with E-state index in [9.17, 15) is 9.59 Å². The molecule has 2 rings (SSSR count). The first kappa shape index (κ1) is 33.2. The Labute approximate surface area is 242 Å². The number of rotatable bonds is 12. The van der Waals surface area contributed by atoms with E-state index < -0.39 is 20.0 Å². The first-order valence-electron chi connectivity index (χ1n) is 14.2. The molecule has 0 aliphatic rings. The maximum Gasteiger partial charge on any atom is 0.311 e. The molecule has 0 aliphatic carbocycles. The van der Waals surface area contributed by atoms with E-state index in [0.717, 1.165) is 16.5 Å². The van der Waals surface area contributed by atoms with Crippen LogP contribution in [0, 0.1) is 11.8 Å². The van der Waals surface area contributed by atoms with Gasteiger partial charge in [0, 0.05) is 10.5 Å². The third kappa shape index (κ3) is 9.82. The summed E-state index contributed by atoms with van der Waals surface area (Å²) >= 11 is 1.98. The van der Waals surface area contributed by atoms with Crippen LogP contribution in [0.2, 0.25) is 12.1 Å². The minimum atomic E-state index is -1.87. The van der Waals surface area contributed by atoms with Crippen LogP contribution in [0.15, 0.2) is 47.4 Å². The monoisotopic (exact) mass is 570 g/mol.